The molecule has 0 saturated heterocycles. The Balaban J connectivity index is 0.000000385. The van der Waals surface area contributed by atoms with E-state index in [-0.39, 0.29) is 11.8 Å². The van der Waals surface area contributed by atoms with Crippen molar-refractivity contribution in [1.82, 2.24) is 0 Å². The zero-order chi connectivity index (χ0) is 12.8. The van der Waals surface area contributed by atoms with E-state index in [1.54, 1.807) is 19.1 Å². The fourth-order valence-electron chi connectivity index (χ4n) is 0.961. The zero-order valence-electron chi connectivity index (χ0n) is 10.3. The van der Waals surface area contributed by atoms with E-state index in [1.807, 2.05) is 12.1 Å². The van der Waals surface area contributed by atoms with Crippen molar-refractivity contribution in [3.05, 3.63) is 29.8 Å². The molecule has 1 rings (SSSR count). The van der Waals surface area contributed by atoms with Crippen LogP contribution in [0.2, 0.25) is 0 Å². The third-order valence-electron chi connectivity index (χ3n) is 2.04. The summed E-state index contributed by atoms with van der Waals surface area (Å²) in [5.41, 5.74) is 1.42. The molecular formula is C13H20O3. The topological polar surface area (TPSA) is 57.5 Å². The Morgan fingerprint density at radius 1 is 1.19 bits per heavy atom. The maximum absolute atomic E-state index is 9.37. The molecule has 0 radical (unpaired) electrons. The van der Waals surface area contributed by atoms with Crippen molar-refractivity contribution in [1.29, 1.82) is 0 Å². The third-order valence-corrected chi connectivity index (χ3v) is 2.04. The van der Waals surface area contributed by atoms with Crippen LogP contribution in [-0.2, 0) is 10.2 Å². The summed E-state index contributed by atoms with van der Waals surface area (Å²) in [5.74, 6) is -0.414. The fraction of sp³-hybridized carbons (Fsp3) is 0.462. The Labute approximate surface area is 96.7 Å². The van der Waals surface area contributed by atoms with Gasteiger partial charge in [-0.05, 0) is 23.1 Å². The predicted octanol–water partition coefficient (Wildman–Crippen LogP) is 3.17. The summed E-state index contributed by atoms with van der Waals surface area (Å²) in [4.78, 5) is 9.37. The number of benzene rings is 1. The Morgan fingerprint density at radius 2 is 1.56 bits per heavy atom. The summed E-state index contributed by atoms with van der Waals surface area (Å²) in [7, 11) is 0. The Hall–Kier alpha value is -1.51. The van der Waals surface area contributed by atoms with Gasteiger partial charge in [0.2, 0.25) is 0 Å². The maximum Gasteiger partial charge on any atom is 0.303 e. The molecule has 0 spiro atoms. The van der Waals surface area contributed by atoms with E-state index in [1.165, 1.54) is 5.56 Å². The van der Waals surface area contributed by atoms with Crippen LogP contribution in [0.5, 0.6) is 5.75 Å². The van der Waals surface area contributed by atoms with E-state index < -0.39 is 5.97 Å². The maximum atomic E-state index is 9.37. The molecule has 0 aliphatic heterocycles. The average molecular weight is 224 g/mol. The predicted molar refractivity (Wildman–Crippen MR) is 64.7 cm³/mol. The number of aliphatic carboxylic acids is 1. The summed E-state index contributed by atoms with van der Waals surface area (Å²) in [5, 5.41) is 16.7. The van der Waals surface area contributed by atoms with Crippen molar-refractivity contribution >= 4 is 5.97 Å². The van der Waals surface area contributed by atoms with Crippen LogP contribution in [0.25, 0.3) is 0 Å². The Bertz CT molecular complexity index is 320. The molecule has 1 aromatic rings. The van der Waals surface area contributed by atoms with Crippen molar-refractivity contribution in [2.75, 3.05) is 0 Å². The van der Waals surface area contributed by atoms with Crippen LogP contribution in [0.4, 0.5) is 0 Å². The fourth-order valence-corrected chi connectivity index (χ4v) is 0.961. The number of phenolic OH excluding ortho intramolecular Hbond substituents is 1. The number of aromatic hydroxyl groups is 1. The molecule has 16 heavy (non-hydrogen) atoms. The second kappa shape index (κ2) is 6.16. The number of hydrogen-bond donors (Lipinski definition) is 2. The highest BCUT2D eigenvalue weighted by Gasteiger charge is 2.12. The molecule has 0 aliphatic carbocycles. The average Bonchev–Trinajstić information content (AvgIpc) is 2.18. The van der Waals surface area contributed by atoms with E-state index in [0.717, 1.165) is 0 Å². The van der Waals surface area contributed by atoms with Crippen molar-refractivity contribution < 1.29 is 15.0 Å². The molecule has 3 nitrogen and oxygen atoms in total. The molecule has 0 amide bonds. The van der Waals surface area contributed by atoms with Gasteiger partial charge in [0.05, 0.1) is 0 Å². The molecule has 3 heteroatoms. The number of phenols is 1. The minimum atomic E-state index is -0.745. The quantitative estimate of drug-likeness (QED) is 0.770. The van der Waals surface area contributed by atoms with Crippen molar-refractivity contribution in [3.63, 3.8) is 0 Å². The summed E-state index contributed by atoms with van der Waals surface area (Å²) < 4.78 is 0. The zero-order valence-corrected chi connectivity index (χ0v) is 10.3. The third kappa shape index (κ3) is 6.06. The normalized spacial score (nSPS) is 10.2. The Morgan fingerprint density at radius 3 is 1.81 bits per heavy atom. The van der Waals surface area contributed by atoms with Gasteiger partial charge in [0, 0.05) is 6.42 Å². The van der Waals surface area contributed by atoms with E-state index in [9.17, 15) is 4.79 Å². The van der Waals surface area contributed by atoms with Gasteiger partial charge >= 0.3 is 5.97 Å². The molecule has 2 N–H and O–H groups in total. The number of carbonyl (C=O) groups is 1. The first kappa shape index (κ1) is 14.5. The van der Waals surface area contributed by atoms with Gasteiger partial charge in [-0.3, -0.25) is 4.79 Å². The first-order valence-corrected chi connectivity index (χ1v) is 5.28. The first-order valence-electron chi connectivity index (χ1n) is 5.28. The van der Waals surface area contributed by atoms with Crippen LogP contribution in [-0.4, -0.2) is 16.2 Å². The van der Waals surface area contributed by atoms with Crippen LogP contribution in [0.15, 0.2) is 24.3 Å². The highest BCUT2D eigenvalue weighted by Crippen LogP contribution is 2.23. The lowest BCUT2D eigenvalue weighted by Gasteiger charge is -2.18. The van der Waals surface area contributed by atoms with E-state index >= 15 is 0 Å². The van der Waals surface area contributed by atoms with Gasteiger partial charge in [0.15, 0.2) is 0 Å². The summed E-state index contributed by atoms with van der Waals surface area (Å²) in [6.07, 6.45) is 0.222. The van der Waals surface area contributed by atoms with Crippen LogP contribution < -0.4 is 0 Å². The number of carboxylic acid groups (broad SMARTS) is 1. The molecule has 0 atom stereocenters. The van der Waals surface area contributed by atoms with Crippen LogP contribution >= 0.6 is 0 Å². The molecule has 0 saturated carbocycles. The van der Waals surface area contributed by atoms with Crippen molar-refractivity contribution in [2.24, 2.45) is 0 Å². The molecule has 0 heterocycles. The van der Waals surface area contributed by atoms with Crippen LogP contribution in [0.3, 0.4) is 0 Å². The minimum absolute atomic E-state index is 0.174. The lowest BCUT2D eigenvalue weighted by atomic mass is 9.87. The number of carboxylic acids is 1. The molecule has 0 aromatic heterocycles. The van der Waals surface area contributed by atoms with Crippen LogP contribution in [0, 0.1) is 0 Å². The van der Waals surface area contributed by atoms with Gasteiger partial charge < -0.3 is 10.2 Å². The molecule has 0 aliphatic rings. The summed E-state index contributed by atoms with van der Waals surface area (Å²) in [6, 6.07) is 7.35. The lowest BCUT2D eigenvalue weighted by molar-refractivity contribution is -0.136. The van der Waals surface area contributed by atoms with Gasteiger partial charge in [-0.25, -0.2) is 0 Å². The van der Waals surface area contributed by atoms with Gasteiger partial charge in [0.1, 0.15) is 5.75 Å². The number of hydrogen-bond acceptors (Lipinski definition) is 2. The van der Waals surface area contributed by atoms with Gasteiger partial charge in [-0.15, -0.1) is 0 Å². The monoisotopic (exact) mass is 224 g/mol. The van der Waals surface area contributed by atoms with E-state index in [0.29, 0.717) is 5.75 Å². The molecule has 0 bridgehead atoms. The number of rotatable bonds is 1. The standard InChI is InChI=1S/C10H14O.C3H6O2/c1-10(2,3)8-4-6-9(11)7-5-8;1-2-3(4)5/h4-7,11H,1-3H3;2H2,1H3,(H,4,5). The minimum Gasteiger partial charge on any atom is -0.508 e. The summed E-state index contributed by atoms with van der Waals surface area (Å²) >= 11 is 0. The molecule has 0 unspecified atom stereocenters. The van der Waals surface area contributed by atoms with E-state index in [2.05, 4.69) is 20.8 Å². The van der Waals surface area contributed by atoms with Gasteiger partial charge in [-0.2, -0.15) is 0 Å². The van der Waals surface area contributed by atoms with Crippen molar-refractivity contribution in [2.45, 2.75) is 39.5 Å². The second-order valence-electron chi connectivity index (χ2n) is 4.54. The van der Waals surface area contributed by atoms with Gasteiger partial charge in [-0.1, -0.05) is 39.8 Å². The molecule has 0 fully saturated rings. The molecule has 90 valence electrons. The largest absolute Gasteiger partial charge is 0.508 e. The highest BCUT2D eigenvalue weighted by molar-refractivity contribution is 5.66. The first-order chi connectivity index (χ1) is 7.27. The van der Waals surface area contributed by atoms with E-state index in [4.69, 9.17) is 10.2 Å². The van der Waals surface area contributed by atoms with Gasteiger partial charge in [0.25, 0.3) is 0 Å². The lowest BCUT2D eigenvalue weighted by Crippen LogP contribution is -2.10. The second-order valence-corrected chi connectivity index (χ2v) is 4.54. The smallest absolute Gasteiger partial charge is 0.303 e. The Kier molecular flexibility index (Phi) is 5.57. The van der Waals surface area contributed by atoms with Crippen molar-refractivity contribution in [3.8, 4) is 5.75 Å². The SMILES string of the molecule is CC(C)(C)c1ccc(O)cc1.CCC(=O)O. The molecular weight excluding hydrogens is 204 g/mol. The highest BCUT2D eigenvalue weighted by atomic mass is 16.4. The molecule has 1 aromatic carbocycles. The summed E-state index contributed by atoms with van der Waals surface area (Å²) in [6.45, 7) is 8.06. The van der Waals surface area contributed by atoms with Crippen LogP contribution in [0.1, 0.15) is 39.7 Å².